The fraction of sp³-hybridized carbons (Fsp3) is 0.185. The summed E-state index contributed by atoms with van der Waals surface area (Å²) in [5, 5.41) is 4.16. The van der Waals surface area contributed by atoms with Crippen molar-refractivity contribution in [2.24, 2.45) is 0 Å². The molecule has 0 fully saturated rings. The minimum Gasteiger partial charge on any atom is -0.0763 e. The monoisotopic (exact) mass is 380 g/mol. The molecule has 0 heterocycles. The van der Waals surface area contributed by atoms with E-state index in [-0.39, 0.29) is 0 Å². The molecule has 0 amide bonds. The van der Waals surface area contributed by atoms with Crippen LogP contribution in [0.25, 0.3) is 28.9 Å². The van der Waals surface area contributed by atoms with Gasteiger partial charge in [0.05, 0.1) is 8.07 Å². The van der Waals surface area contributed by atoms with E-state index >= 15 is 0 Å². The molecular formula is C27H28Si. The Hall–Kier alpha value is -2.64. The third-order valence-electron chi connectivity index (χ3n) is 5.58. The predicted molar refractivity (Wildman–Crippen MR) is 127 cm³/mol. The molecule has 0 saturated carbocycles. The molecule has 0 atom stereocenters. The summed E-state index contributed by atoms with van der Waals surface area (Å²) in [5.74, 6) is 0. The van der Waals surface area contributed by atoms with Crippen molar-refractivity contribution >= 4 is 31.0 Å². The van der Waals surface area contributed by atoms with Crippen LogP contribution in [0.5, 0.6) is 0 Å². The van der Waals surface area contributed by atoms with Crippen molar-refractivity contribution in [3.05, 3.63) is 94.9 Å². The van der Waals surface area contributed by atoms with Crippen LogP contribution < -0.4 is 15.6 Å². The largest absolute Gasteiger partial charge is 0.0775 e. The zero-order valence-electron chi connectivity index (χ0n) is 17.1. The zero-order valence-corrected chi connectivity index (χ0v) is 18.1. The molecule has 0 radical (unpaired) electrons. The van der Waals surface area contributed by atoms with Crippen LogP contribution in [0.1, 0.15) is 18.4 Å². The van der Waals surface area contributed by atoms with Crippen molar-refractivity contribution < 1.29 is 0 Å². The Balaban J connectivity index is 1.61. The van der Waals surface area contributed by atoms with Crippen molar-refractivity contribution in [3.8, 4) is 11.1 Å². The fourth-order valence-corrected chi connectivity index (χ4v) is 4.95. The molecule has 0 bridgehead atoms. The molecule has 0 spiro atoms. The fourth-order valence-electron chi connectivity index (χ4n) is 3.79. The van der Waals surface area contributed by atoms with E-state index in [1.807, 2.05) is 0 Å². The highest BCUT2D eigenvalue weighted by Gasteiger charge is 2.15. The summed E-state index contributed by atoms with van der Waals surface area (Å²) < 4.78 is 0. The van der Waals surface area contributed by atoms with Crippen LogP contribution in [0.3, 0.4) is 0 Å². The Morgan fingerprint density at radius 1 is 0.607 bits per heavy atom. The number of fused-ring (bicyclic) bond motifs is 1. The van der Waals surface area contributed by atoms with Gasteiger partial charge in [0.1, 0.15) is 0 Å². The van der Waals surface area contributed by atoms with Gasteiger partial charge < -0.3 is 0 Å². The maximum Gasteiger partial charge on any atom is 0.0775 e. The van der Waals surface area contributed by atoms with Gasteiger partial charge in [0.15, 0.2) is 0 Å². The van der Waals surface area contributed by atoms with E-state index in [0.29, 0.717) is 0 Å². The molecule has 1 aliphatic rings. The van der Waals surface area contributed by atoms with Crippen LogP contribution in [-0.2, 0) is 0 Å². The van der Waals surface area contributed by atoms with E-state index in [1.54, 1.807) is 0 Å². The normalized spacial score (nSPS) is 18.3. The quantitative estimate of drug-likeness (QED) is 0.538. The van der Waals surface area contributed by atoms with Crippen molar-refractivity contribution in [1.29, 1.82) is 0 Å². The summed E-state index contributed by atoms with van der Waals surface area (Å²) in [5.41, 5.74) is 5.32. The maximum absolute atomic E-state index is 2.40. The third-order valence-corrected chi connectivity index (χ3v) is 7.64. The lowest BCUT2D eigenvalue weighted by Gasteiger charge is -2.17. The number of hydrogen-bond acceptors (Lipinski definition) is 0. The van der Waals surface area contributed by atoms with Crippen molar-refractivity contribution in [1.82, 2.24) is 0 Å². The second-order valence-electron chi connectivity index (χ2n) is 8.63. The lowest BCUT2D eigenvalue weighted by Crippen LogP contribution is -2.37. The van der Waals surface area contributed by atoms with Gasteiger partial charge in [0.2, 0.25) is 0 Å². The van der Waals surface area contributed by atoms with E-state index in [9.17, 15) is 0 Å². The predicted octanol–water partition coefficient (Wildman–Crippen LogP) is 5.34. The second-order valence-corrected chi connectivity index (χ2v) is 13.7. The Morgan fingerprint density at radius 3 is 1.82 bits per heavy atom. The van der Waals surface area contributed by atoms with Crippen molar-refractivity contribution in [3.63, 3.8) is 0 Å². The van der Waals surface area contributed by atoms with Gasteiger partial charge in [-0.25, -0.2) is 0 Å². The van der Waals surface area contributed by atoms with Gasteiger partial charge in [0, 0.05) is 0 Å². The SMILES string of the molecule is C[Si](C)(C)c1ccc(-c2ccc(/C3=C/C=c4/cccc/c4=C/CC3)cc2)cc1. The van der Waals surface area contributed by atoms with Crippen LogP contribution >= 0.6 is 0 Å². The van der Waals surface area contributed by atoms with E-state index in [0.717, 1.165) is 12.8 Å². The average molecular weight is 381 g/mol. The summed E-state index contributed by atoms with van der Waals surface area (Å²) in [7, 11) is -1.24. The number of allylic oxidation sites excluding steroid dienone is 2. The smallest absolute Gasteiger partial charge is 0.0763 e. The summed E-state index contributed by atoms with van der Waals surface area (Å²) in [6.45, 7) is 7.19. The van der Waals surface area contributed by atoms with Crippen molar-refractivity contribution in [2.75, 3.05) is 0 Å². The molecule has 1 aliphatic carbocycles. The van der Waals surface area contributed by atoms with Gasteiger partial charge in [-0.1, -0.05) is 116 Å². The first-order valence-corrected chi connectivity index (χ1v) is 13.7. The molecule has 0 aromatic heterocycles. The highest BCUT2D eigenvalue weighted by Crippen LogP contribution is 2.25. The van der Waals surface area contributed by atoms with Gasteiger partial charge in [-0.05, 0) is 45.5 Å². The molecule has 0 aliphatic heterocycles. The highest BCUT2D eigenvalue weighted by molar-refractivity contribution is 6.88. The first kappa shape index (κ1) is 18.7. The van der Waals surface area contributed by atoms with Gasteiger partial charge >= 0.3 is 0 Å². The maximum atomic E-state index is 2.40. The second kappa shape index (κ2) is 7.77. The molecule has 140 valence electrons. The summed E-state index contributed by atoms with van der Waals surface area (Å²) in [6.07, 6.45) is 9.06. The Labute approximate surface area is 169 Å². The van der Waals surface area contributed by atoms with Gasteiger partial charge in [-0.3, -0.25) is 0 Å². The highest BCUT2D eigenvalue weighted by atomic mass is 28.3. The van der Waals surface area contributed by atoms with Crippen LogP contribution in [0, 0.1) is 0 Å². The van der Waals surface area contributed by atoms with E-state index < -0.39 is 8.07 Å². The van der Waals surface area contributed by atoms with Gasteiger partial charge in [-0.15, -0.1) is 0 Å². The molecule has 0 nitrogen and oxygen atoms in total. The number of rotatable bonds is 3. The Bertz CT molecular complexity index is 1110. The first-order chi connectivity index (χ1) is 13.5. The topological polar surface area (TPSA) is 0 Å². The van der Waals surface area contributed by atoms with Crippen molar-refractivity contribution in [2.45, 2.75) is 32.5 Å². The zero-order chi connectivity index (χ0) is 19.6. The van der Waals surface area contributed by atoms with Crippen LogP contribution in [0.2, 0.25) is 19.6 Å². The minimum absolute atomic E-state index is 1.08. The molecule has 3 aromatic rings. The Morgan fingerprint density at radius 2 is 1.18 bits per heavy atom. The molecule has 1 heteroatoms. The molecule has 3 aromatic carbocycles. The van der Waals surface area contributed by atoms with Gasteiger partial charge in [0.25, 0.3) is 0 Å². The van der Waals surface area contributed by atoms with E-state index in [1.165, 1.54) is 37.9 Å². The standard InChI is InChI=1S/C27H28Si/c1-28(2,3)27-19-17-26(18-20-27)25-15-13-24(14-16-25)23-10-6-9-21-7-4-5-8-22(21)11-12-23/h4-5,7-9,11-20H,6,10H2,1-3H3/b21-9-,22-11-,23-12+. The molecule has 0 N–H and O–H groups in total. The molecule has 0 saturated heterocycles. The first-order valence-electron chi connectivity index (χ1n) is 10.2. The Kier molecular flexibility index (Phi) is 5.19. The third kappa shape index (κ3) is 4.10. The van der Waals surface area contributed by atoms with E-state index in [2.05, 4.69) is 111 Å². The van der Waals surface area contributed by atoms with Crippen LogP contribution in [0.4, 0.5) is 0 Å². The summed E-state index contributed by atoms with van der Waals surface area (Å²) in [4.78, 5) is 0. The van der Waals surface area contributed by atoms with E-state index in [4.69, 9.17) is 0 Å². The minimum atomic E-state index is -1.24. The van der Waals surface area contributed by atoms with Crippen LogP contribution in [-0.4, -0.2) is 8.07 Å². The molecule has 28 heavy (non-hydrogen) atoms. The van der Waals surface area contributed by atoms with Gasteiger partial charge in [-0.2, -0.15) is 0 Å². The number of benzene rings is 3. The summed E-state index contributed by atoms with van der Waals surface area (Å²) >= 11 is 0. The summed E-state index contributed by atoms with van der Waals surface area (Å²) in [6, 6.07) is 26.9. The molecule has 0 unspecified atom stereocenters. The van der Waals surface area contributed by atoms with Crippen LogP contribution in [0.15, 0.2) is 78.9 Å². The lowest BCUT2D eigenvalue weighted by molar-refractivity contribution is 1.11. The molecular weight excluding hydrogens is 352 g/mol. The number of hydrogen-bond donors (Lipinski definition) is 0. The lowest BCUT2D eigenvalue weighted by atomic mass is 9.96. The average Bonchev–Trinajstić information content (AvgIpc) is 2.68. The molecule has 4 rings (SSSR count).